The van der Waals surface area contributed by atoms with E-state index in [-0.39, 0.29) is 22.7 Å². The molecule has 8 nitrogen and oxygen atoms in total. The molecule has 0 aliphatic rings. The number of rotatable bonds is 2. The number of hydrogen-bond acceptors (Lipinski definition) is 6. The van der Waals surface area contributed by atoms with Crippen LogP contribution in [0.15, 0.2) is 30.3 Å². The third-order valence-corrected chi connectivity index (χ3v) is 3.68. The third kappa shape index (κ3) is 2.39. The lowest BCUT2D eigenvalue weighted by Crippen LogP contribution is -2.37. The van der Waals surface area contributed by atoms with Gasteiger partial charge in [0.1, 0.15) is 4.85 Å². The average Bonchev–Trinajstić information content (AvgIpc) is 2.46. The summed E-state index contributed by atoms with van der Waals surface area (Å²) < 4.78 is 0. The molecule has 0 atom stereocenters. The number of nitro groups is 1. The Morgan fingerprint density at radius 2 is 1.91 bits per heavy atom. The Morgan fingerprint density at radius 3 is 2.52 bits per heavy atom. The normalized spacial score (nSPS) is 10.9. The molecule has 0 aliphatic heterocycles. The van der Waals surface area contributed by atoms with Crippen LogP contribution in [0.2, 0.25) is 0 Å². The zero-order valence-electron chi connectivity index (χ0n) is 12.5. The summed E-state index contributed by atoms with van der Waals surface area (Å²) in [6.07, 6.45) is 0. The number of nitrogen functional groups attached to an aromatic ring is 1. The minimum absolute atomic E-state index is 0.0139. The Kier molecular flexibility index (Phi) is 3.29. The molecule has 0 aliphatic carbocycles. The van der Waals surface area contributed by atoms with Crippen molar-refractivity contribution in [1.29, 1.82) is 0 Å². The van der Waals surface area contributed by atoms with Crippen LogP contribution in [0.5, 0.6) is 0 Å². The summed E-state index contributed by atoms with van der Waals surface area (Å²) in [7, 11) is 0. The molecule has 0 saturated carbocycles. The van der Waals surface area contributed by atoms with Crippen molar-refractivity contribution < 1.29 is 15.0 Å². The predicted octanol–water partition coefficient (Wildman–Crippen LogP) is 1.93. The van der Waals surface area contributed by atoms with Gasteiger partial charge in [0.2, 0.25) is 5.52 Å². The maximum Gasteiger partial charge on any atom is 0.322 e. The highest BCUT2D eigenvalue weighted by Gasteiger charge is 2.26. The Labute approximate surface area is 130 Å². The first-order valence-electron chi connectivity index (χ1n) is 6.82. The van der Waals surface area contributed by atoms with Gasteiger partial charge in [-0.15, -0.1) is 0 Å². The van der Waals surface area contributed by atoms with E-state index >= 15 is 0 Å². The number of benzene rings is 2. The molecule has 0 bridgehead atoms. The molecule has 3 N–H and O–H groups in total. The van der Waals surface area contributed by atoms with Crippen LogP contribution in [0.4, 0.5) is 11.6 Å². The molecule has 0 radical (unpaired) electrons. The van der Waals surface area contributed by atoms with Crippen molar-refractivity contribution in [3.8, 4) is 11.1 Å². The van der Waals surface area contributed by atoms with E-state index in [0.717, 1.165) is 16.7 Å². The molecule has 116 valence electrons. The van der Waals surface area contributed by atoms with Crippen molar-refractivity contribution in [2.45, 2.75) is 13.8 Å². The third-order valence-electron chi connectivity index (χ3n) is 3.68. The molecule has 3 rings (SSSR count). The van der Waals surface area contributed by atoms with Crippen molar-refractivity contribution in [2.75, 3.05) is 5.73 Å². The van der Waals surface area contributed by atoms with E-state index in [1.165, 1.54) is 6.07 Å². The molecule has 0 spiro atoms. The lowest BCUT2D eigenvalue weighted by Gasteiger charge is -2.09. The van der Waals surface area contributed by atoms with Crippen molar-refractivity contribution >= 4 is 22.7 Å². The van der Waals surface area contributed by atoms with E-state index in [4.69, 9.17) is 5.73 Å². The standard InChI is InChI=1S/C15H14N5O3/c1-8-4-3-5-9(2)13(8)10-6-11-14(12(7-10)20(22)23)17-15(16)18-19(11)21/h3-7H,1-2H3,(H3,16,17,18,21)/q+1. The van der Waals surface area contributed by atoms with Crippen LogP contribution in [0.1, 0.15) is 11.1 Å². The fraction of sp³-hybridized carbons (Fsp3) is 0.133. The SMILES string of the molecule is Cc1cccc(C)c1-c1cc([N+](=O)[O-])c2nc(N)n[n+](O)c2c1. The predicted molar refractivity (Wildman–Crippen MR) is 82.9 cm³/mol. The van der Waals surface area contributed by atoms with Crippen LogP contribution < -0.4 is 10.6 Å². The summed E-state index contributed by atoms with van der Waals surface area (Å²) in [6.45, 7) is 3.84. The molecular formula is C15H14N5O3+. The molecule has 8 heteroatoms. The molecule has 0 fully saturated rings. The summed E-state index contributed by atoms with van der Waals surface area (Å²) in [5.41, 5.74) is 8.75. The van der Waals surface area contributed by atoms with Gasteiger partial charge in [-0.2, -0.15) is 4.98 Å². The van der Waals surface area contributed by atoms with E-state index in [2.05, 4.69) is 10.1 Å². The first-order chi connectivity index (χ1) is 10.9. The highest BCUT2D eigenvalue weighted by molar-refractivity contribution is 5.89. The molecule has 1 aromatic heterocycles. The smallest absolute Gasteiger partial charge is 0.322 e. The number of hydrogen-bond donors (Lipinski definition) is 2. The fourth-order valence-corrected chi connectivity index (χ4v) is 2.71. The number of nitro benzene ring substituents is 1. The first-order valence-corrected chi connectivity index (χ1v) is 6.82. The van der Waals surface area contributed by atoms with Gasteiger partial charge in [-0.1, -0.05) is 18.2 Å². The number of nitrogens with zero attached hydrogens (tertiary/aromatic N) is 4. The highest BCUT2D eigenvalue weighted by atomic mass is 16.6. The number of fused-ring (bicyclic) bond motifs is 1. The largest absolute Gasteiger partial charge is 0.363 e. The summed E-state index contributed by atoms with van der Waals surface area (Å²) in [5, 5.41) is 24.9. The molecular weight excluding hydrogens is 298 g/mol. The second-order valence-electron chi connectivity index (χ2n) is 5.25. The van der Waals surface area contributed by atoms with Gasteiger partial charge in [-0.05, 0) is 36.1 Å². The number of anilines is 1. The average molecular weight is 312 g/mol. The Balaban J connectivity index is 2.43. The second kappa shape index (κ2) is 5.16. The first kappa shape index (κ1) is 14.6. The number of aromatic nitrogens is 3. The monoisotopic (exact) mass is 312 g/mol. The minimum atomic E-state index is -0.550. The molecule has 0 amide bonds. The van der Waals surface area contributed by atoms with E-state index in [1.807, 2.05) is 32.0 Å². The topological polar surface area (TPSA) is 119 Å². The second-order valence-corrected chi connectivity index (χ2v) is 5.25. The van der Waals surface area contributed by atoms with Crippen LogP contribution in [0.3, 0.4) is 0 Å². The Morgan fingerprint density at radius 1 is 1.26 bits per heavy atom. The summed E-state index contributed by atoms with van der Waals surface area (Å²) >= 11 is 0. The molecule has 2 aromatic carbocycles. The molecule has 1 heterocycles. The van der Waals surface area contributed by atoms with Crippen LogP contribution >= 0.6 is 0 Å². The lowest BCUT2D eigenvalue weighted by molar-refractivity contribution is -0.928. The zero-order valence-corrected chi connectivity index (χ0v) is 12.5. The van der Waals surface area contributed by atoms with Gasteiger partial charge >= 0.3 is 11.2 Å². The van der Waals surface area contributed by atoms with E-state index < -0.39 is 4.92 Å². The fourth-order valence-electron chi connectivity index (χ4n) is 2.71. The van der Waals surface area contributed by atoms with Crippen molar-refractivity contribution in [3.05, 3.63) is 51.6 Å². The summed E-state index contributed by atoms with van der Waals surface area (Å²) in [4.78, 5) is 15.3. The Bertz CT molecular complexity index is 935. The zero-order chi connectivity index (χ0) is 16.7. The molecule has 0 unspecified atom stereocenters. The van der Waals surface area contributed by atoms with Crippen LogP contribution in [0, 0.1) is 24.0 Å². The molecule has 3 aromatic rings. The van der Waals surface area contributed by atoms with Crippen LogP contribution in [-0.4, -0.2) is 20.2 Å². The van der Waals surface area contributed by atoms with Gasteiger partial charge in [0.15, 0.2) is 0 Å². The maximum absolute atomic E-state index is 11.4. The van der Waals surface area contributed by atoms with Gasteiger partial charge in [-0.3, -0.25) is 15.3 Å². The summed E-state index contributed by atoms with van der Waals surface area (Å²) in [6, 6.07) is 8.80. The highest BCUT2D eigenvalue weighted by Crippen LogP contribution is 2.33. The lowest BCUT2D eigenvalue weighted by atomic mass is 9.95. The van der Waals surface area contributed by atoms with Crippen LogP contribution in [-0.2, 0) is 0 Å². The van der Waals surface area contributed by atoms with E-state index in [0.29, 0.717) is 10.4 Å². The Hall–Kier alpha value is -3.29. The number of aryl methyl sites for hydroxylation is 2. The molecule has 0 saturated heterocycles. The quantitative estimate of drug-likeness (QED) is 0.323. The van der Waals surface area contributed by atoms with Crippen molar-refractivity contribution in [3.63, 3.8) is 0 Å². The van der Waals surface area contributed by atoms with E-state index in [1.54, 1.807) is 6.07 Å². The van der Waals surface area contributed by atoms with E-state index in [9.17, 15) is 15.3 Å². The van der Waals surface area contributed by atoms with Gasteiger partial charge in [0.25, 0.3) is 5.95 Å². The number of nitrogens with two attached hydrogens (primary N) is 1. The molecule has 23 heavy (non-hydrogen) atoms. The number of non-ortho nitro benzene ring substituents is 1. The van der Waals surface area contributed by atoms with Crippen LogP contribution in [0.25, 0.3) is 22.2 Å². The van der Waals surface area contributed by atoms with Gasteiger partial charge in [0.05, 0.1) is 10.0 Å². The van der Waals surface area contributed by atoms with Gasteiger partial charge in [-0.25, -0.2) is 0 Å². The van der Waals surface area contributed by atoms with Crippen molar-refractivity contribution in [2.24, 2.45) is 0 Å². The summed E-state index contributed by atoms with van der Waals surface area (Å²) in [5.74, 6) is -0.247. The van der Waals surface area contributed by atoms with Gasteiger partial charge in [0, 0.05) is 12.1 Å². The maximum atomic E-state index is 11.4. The van der Waals surface area contributed by atoms with Crippen molar-refractivity contribution in [1.82, 2.24) is 10.1 Å². The van der Waals surface area contributed by atoms with Gasteiger partial charge < -0.3 is 5.73 Å². The minimum Gasteiger partial charge on any atom is -0.363 e.